The molecule has 0 aliphatic heterocycles. The van der Waals surface area contributed by atoms with E-state index in [9.17, 15) is 15.2 Å². The van der Waals surface area contributed by atoms with E-state index in [4.69, 9.17) is 15.6 Å². The molecule has 7 nitrogen and oxygen atoms in total. The molecule has 1 atom stereocenters. The standard InChI is InChI=1S/C11H16N2O5/c1-18-10-6-7(8(12)3-2-4-14)5-9(11(10)15)13(16)17/h5-6,8,14-15H,2-4,12H2,1H3/t8-/m1/s1. The summed E-state index contributed by atoms with van der Waals surface area (Å²) in [6.45, 7) is 0.00497. The first kappa shape index (κ1) is 14.2. The summed E-state index contributed by atoms with van der Waals surface area (Å²) in [4.78, 5) is 10.1. The van der Waals surface area contributed by atoms with Crippen LogP contribution in [0.25, 0.3) is 0 Å². The normalized spacial score (nSPS) is 12.2. The third-order valence-corrected chi connectivity index (χ3v) is 2.60. The van der Waals surface area contributed by atoms with Crippen molar-refractivity contribution in [1.29, 1.82) is 0 Å². The molecule has 0 spiro atoms. The van der Waals surface area contributed by atoms with E-state index in [-0.39, 0.29) is 12.4 Å². The van der Waals surface area contributed by atoms with Crippen LogP contribution in [-0.2, 0) is 0 Å². The first-order valence-corrected chi connectivity index (χ1v) is 5.43. The Kier molecular flexibility index (Phi) is 4.87. The number of aromatic hydroxyl groups is 1. The zero-order valence-corrected chi connectivity index (χ0v) is 10.00. The van der Waals surface area contributed by atoms with Crippen LogP contribution < -0.4 is 10.5 Å². The van der Waals surface area contributed by atoms with E-state index in [2.05, 4.69) is 0 Å². The zero-order valence-electron chi connectivity index (χ0n) is 10.00. The van der Waals surface area contributed by atoms with E-state index < -0.39 is 22.4 Å². The van der Waals surface area contributed by atoms with Gasteiger partial charge in [-0.1, -0.05) is 0 Å². The van der Waals surface area contributed by atoms with Gasteiger partial charge in [0, 0.05) is 18.7 Å². The van der Waals surface area contributed by atoms with Crippen LogP contribution in [0.1, 0.15) is 24.4 Å². The number of phenols is 1. The summed E-state index contributed by atoms with van der Waals surface area (Å²) in [5.74, 6) is -0.501. The highest BCUT2D eigenvalue weighted by molar-refractivity contribution is 5.57. The summed E-state index contributed by atoms with van der Waals surface area (Å²) < 4.78 is 4.87. The Labute approximate surface area is 104 Å². The maximum Gasteiger partial charge on any atom is 0.314 e. The number of nitrogens with zero attached hydrogens (tertiary/aromatic N) is 1. The third kappa shape index (κ3) is 3.08. The molecule has 0 bridgehead atoms. The fourth-order valence-corrected chi connectivity index (χ4v) is 1.60. The minimum absolute atomic E-state index is 0.00497. The number of hydrogen-bond acceptors (Lipinski definition) is 6. The molecule has 0 aromatic heterocycles. The number of aliphatic hydroxyl groups is 1. The Hall–Kier alpha value is -1.86. The third-order valence-electron chi connectivity index (χ3n) is 2.60. The number of benzene rings is 1. The van der Waals surface area contributed by atoms with Gasteiger partial charge in [-0.25, -0.2) is 0 Å². The predicted molar refractivity (Wildman–Crippen MR) is 64.6 cm³/mol. The lowest BCUT2D eigenvalue weighted by Crippen LogP contribution is -2.11. The molecular weight excluding hydrogens is 240 g/mol. The van der Waals surface area contributed by atoms with E-state index >= 15 is 0 Å². The average Bonchev–Trinajstić information content (AvgIpc) is 2.35. The summed E-state index contributed by atoms with van der Waals surface area (Å²) in [7, 11) is 1.31. The van der Waals surface area contributed by atoms with Crippen LogP contribution in [0, 0.1) is 10.1 Å². The molecule has 0 saturated carbocycles. The molecule has 1 aromatic rings. The Balaban J connectivity index is 3.13. The van der Waals surface area contributed by atoms with Crippen molar-refractivity contribution >= 4 is 5.69 Å². The predicted octanol–water partition coefficient (Wildman–Crippen LogP) is 1.08. The number of hydrogen-bond donors (Lipinski definition) is 3. The molecule has 100 valence electrons. The Morgan fingerprint density at radius 2 is 2.22 bits per heavy atom. The second-order valence-corrected chi connectivity index (χ2v) is 3.82. The van der Waals surface area contributed by atoms with Crippen molar-refractivity contribution in [3.63, 3.8) is 0 Å². The number of ether oxygens (including phenoxy) is 1. The number of rotatable bonds is 6. The van der Waals surface area contributed by atoms with Crippen LogP contribution in [0.4, 0.5) is 5.69 Å². The number of aliphatic hydroxyl groups excluding tert-OH is 1. The minimum Gasteiger partial charge on any atom is -0.500 e. The number of methoxy groups -OCH3 is 1. The zero-order chi connectivity index (χ0) is 13.7. The maximum absolute atomic E-state index is 10.8. The Bertz CT molecular complexity index is 436. The topological polar surface area (TPSA) is 119 Å². The molecule has 0 fully saturated rings. The van der Waals surface area contributed by atoms with Gasteiger partial charge < -0.3 is 20.7 Å². The molecule has 0 saturated heterocycles. The fraction of sp³-hybridized carbons (Fsp3) is 0.455. The smallest absolute Gasteiger partial charge is 0.314 e. The summed E-state index contributed by atoms with van der Waals surface area (Å²) in [5, 5.41) is 29.1. The molecule has 18 heavy (non-hydrogen) atoms. The molecule has 4 N–H and O–H groups in total. The summed E-state index contributed by atoms with van der Waals surface area (Å²) >= 11 is 0. The van der Waals surface area contributed by atoms with E-state index in [1.54, 1.807) is 0 Å². The molecular formula is C11H16N2O5. The molecule has 1 aromatic carbocycles. The Morgan fingerprint density at radius 1 is 1.56 bits per heavy atom. The van der Waals surface area contributed by atoms with Crippen LogP contribution in [0.3, 0.4) is 0 Å². The van der Waals surface area contributed by atoms with Crippen molar-refractivity contribution < 1.29 is 19.9 Å². The highest BCUT2D eigenvalue weighted by Crippen LogP contribution is 2.38. The van der Waals surface area contributed by atoms with Crippen molar-refractivity contribution in [1.82, 2.24) is 0 Å². The maximum atomic E-state index is 10.8. The molecule has 0 aliphatic rings. The van der Waals surface area contributed by atoms with Gasteiger partial charge in [0.25, 0.3) is 0 Å². The van der Waals surface area contributed by atoms with Crippen LogP contribution in [0.2, 0.25) is 0 Å². The fourth-order valence-electron chi connectivity index (χ4n) is 1.60. The second-order valence-electron chi connectivity index (χ2n) is 3.82. The van der Waals surface area contributed by atoms with E-state index in [0.717, 1.165) is 0 Å². The van der Waals surface area contributed by atoms with E-state index in [0.29, 0.717) is 18.4 Å². The summed E-state index contributed by atoms with van der Waals surface area (Å²) in [6.07, 6.45) is 0.986. The van der Waals surface area contributed by atoms with E-state index in [1.807, 2.05) is 0 Å². The van der Waals surface area contributed by atoms with Gasteiger partial charge in [0.15, 0.2) is 5.75 Å². The molecule has 7 heteroatoms. The lowest BCUT2D eigenvalue weighted by atomic mass is 10.0. The van der Waals surface area contributed by atoms with Gasteiger partial charge in [0.05, 0.1) is 12.0 Å². The van der Waals surface area contributed by atoms with Gasteiger partial charge in [-0.2, -0.15) is 0 Å². The SMILES string of the molecule is COc1cc([C@H](N)CCCO)cc([N+](=O)[O-])c1O. The monoisotopic (exact) mass is 256 g/mol. The van der Waals surface area contributed by atoms with Crippen molar-refractivity contribution in [2.24, 2.45) is 5.73 Å². The first-order chi connectivity index (χ1) is 8.51. The van der Waals surface area contributed by atoms with Gasteiger partial charge in [-0.05, 0) is 24.5 Å². The number of phenolic OH excluding ortho intramolecular Hbond substituents is 1. The Morgan fingerprint density at radius 3 is 2.72 bits per heavy atom. The number of nitrogens with two attached hydrogens (primary N) is 1. The summed E-state index contributed by atoms with van der Waals surface area (Å²) in [6, 6.07) is 2.23. The molecule has 0 aliphatic carbocycles. The largest absolute Gasteiger partial charge is 0.500 e. The van der Waals surface area contributed by atoms with E-state index in [1.165, 1.54) is 19.2 Å². The quantitative estimate of drug-likeness (QED) is 0.517. The van der Waals surface area contributed by atoms with Crippen LogP contribution in [0.5, 0.6) is 11.5 Å². The number of nitro groups is 1. The van der Waals surface area contributed by atoms with Crippen LogP contribution in [-0.4, -0.2) is 28.9 Å². The number of nitro benzene ring substituents is 1. The molecule has 0 amide bonds. The molecule has 0 heterocycles. The molecule has 0 unspecified atom stereocenters. The van der Waals surface area contributed by atoms with Gasteiger partial charge in [0.1, 0.15) is 0 Å². The lowest BCUT2D eigenvalue weighted by molar-refractivity contribution is -0.386. The van der Waals surface area contributed by atoms with Crippen molar-refractivity contribution in [2.75, 3.05) is 13.7 Å². The van der Waals surface area contributed by atoms with Gasteiger partial charge >= 0.3 is 5.69 Å². The van der Waals surface area contributed by atoms with Crippen molar-refractivity contribution in [3.05, 3.63) is 27.8 Å². The lowest BCUT2D eigenvalue weighted by Gasteiger charge is -2.13. The second kappa shape index (κ2) is 6.18. The average molecular weight is 256 g/mol. The molecule has 0 radical (unpaired) electrons. The van der Waals surface area contributed by atoms with Crippen molar-refractivity contribution in [3.8, 4) is 11.5 Å². The highest BCUT2D eigenvalue weighted by Gasteiger charge is 2.21. The molecule has 1 rings (SSSR count). The van der Waals surface area contributed by atoms with Gasteiger partial charge in [-0.15, -0.1) is 0 Å². The minimum atomic E-state index is -0.694. The van der Waals surface area contributed by atoms with Crippen LogP contribution in [0.15, 0.2) is 12.1 Å². The van der Waals surface area contributed by atoms with Gasteiger partial charge in [0.2, 0.25) is 5.75 Å². The highest BCUT2D eigenvalue weighted by atomic mass is 16.6. The summed E-state index contributed by atoms with van der Waals surface area (Å²) in [5.41, 5.74) is 5.90. The van der Waals surface area contributed by atoms with Crippen LogP contribution >= 0.6 is 0 Å². The van der Waals surface area contributed by atoms with Crippen molar-refractivity contribution in [2.45, 2.75) is 18.9 Å². The first-order valence-electron chi connectivity index (χ1n) is 5.43. The van der Waals surface area contributed by atoms with Gasteiger partial charge in [-0.3, -0.25) is 10.1 Å².